The van der Waals surface area contributed by atoms with Crippen LogP contribution in [0.25, 0.3) is 10.8 Å². The lowest BCUT2D eigenvalue weighted by Crippen LogP contribution is -2.18. The number of hydrogen-bond acceptors (Lipinski definition) is 6. The Morgan fingerprint density at radius 2 is 1.03 bits per heavy atom. The minimum atomic E-state index is -0.844. The van der Waals surface area contributed by atoms with Gasteiger partial charge in [-0.05, 0) is 47.2 Å². The number of nitrogens with zero attached hydrogens (tertiary/aromatic N) is 2. The molecule has 0 spiro atoms. The molecule has 4 aromatic carbocycles. The highest BCUT2D eigenvalue weighted by atomic mass is 35.5. The Hall–Kier alpha value is -4.54. The maximum Gasteiger partial charge on any atom is 0.282 e. The van der Waals surface area contributed by atoms with Crippen LogP contribution < -0.4 is 10.6 Å². The third-order valence-electron chi connectivity index (χ3n) is 5.18. The Labute approximate surface area is 212 Å². The van der Waals surface area contributed by atoms with Gasteiger partial charge in [0.15, 0.2) is 0 Å². The van der Waals surface area contributed by atoms with Gasteiger partial charge in [0.05, 0.1) is 21.2 Å². The molecule has 0 fully saturated rings. The number of nitro groups is 2. The zero-order valence-corrected chi connectivity index (χ0v) is 19.5. The summed E-state index contributed by atoms with van der Waals surface area (Å²) in [7, 11) is 0. The van der Waals surface area contributed by atoms with E-state index < -0.39 is 33.0 Å². The standard InChI is InChI=1S/C24H14Cl2N4O6/c25-15-5-7-21(29(33)34)17(11-15)23(31)27-19-9-13-3-1-2-4-14(13)10-20(19)28-24(32)18-12-16(26)6-8-22(18)30(35)36/h1-12H,(H,27,31)(H,28,32). The first-order chi connectivity index (χ1) is 17.1. The van der Waals surface area contributed by atoms with Crippen LogP contribution in [0.3, 0.4) is 0 Å². The molecule has 0 saturated heterocycles. The number of benzene rings is 4. The summed E-state index contributed by atoms with van der Waals surface area (Å²) >= 11 is 11.9. The smallest absolute Gasteiger partial charge is 0.282 e. The monoisotopic (exact) mass is 524 g/mol. The summed E-state index contributed by atoms with van der Waals surface area (Å²) in [5.41, 5.74) is -1.29. The van der Waals surface area contributed by atoms with Gasteiger partial charge in [-0.25, -0.2) is 0 Å². The van der Waals surface area contributed by atoms with Crippen LogP contribution in [0, 0.1) is 20.2 Å². The molecule has 0 aromatic heterocycles. The molecule has 0 heterocycles. The van der Waals surface area contributed by atoms with Crippen molar-refractivity contribution in [3.8, 4) is 0 Å². The van der Waals surface area contributed by atoms with Gasteiger partial charge in [-0.2, -0.15) is 0 Å². The molecule has 0 aliphatic rings. The van der Waals surface area contributed by atoms with Crippen LogP contribution in [0.15, 0.2) is 72.8 Å². The number of anilines is 2. The second-order valence-electron chi connectivity index (χ2n) is 7.49. The molecule has 0 atom stereocenters. The highest BCUT2D eigenvalue weighted by molar-refractivity contribution is 6.31. The Kier molecular flexibility index (Phi) is 6.82. The average molecular weight is 525 g/mol. The number of hydrogen-bond donors (Lipinski definition) is 2. The first-order valence-corrected chi connectivity index (χ1v) is 10.9. The van der Waals surface area contributed by atoms with Crippen LogP contribution in [-0.2, 0) is 0 Å². The fraction of sp³-hybridized carbons (Fsp3) is 0. The molecular weight excluding hydrogens is 511 g/mol. The van der Waals surface area contributed by atoms with E-state index in [1.54, 1.807) is 36.4 Å². The SMILES string of the molecule is O=C(Nc1cc2ccccc2cc1NC(=O)c1cc(Cl)ccc1[N+](=O)[O-])c1cc(Cl)ccc1[N+](=O)[O-]. The number of fused-ring (bicyclic) bond motifs is 1. The van der Waals surface area contributed by atoms with E-state index in [1.165, 1.54) is 12.1 Å². The second kappa shape index (κ2) is 9.98. The van der Waals surface area contributed by atoms with Crippen molar-refractivity contribution in [2.75, 3.05) is 10.6 Å². The van der Waals surface area contributed by atoms with E-state index in [9.17, 15) is 29.8 Å². The molecule has 0 aliphatic carbocycles. The van der Waals surface area contributed by atoms with E-state index in [4.69, 9.17) is 23.2 Å². The summed E-state index contributed by atoms with van der Waals surface area (Å²) in [6.07, 6.45) is 0. The molecule has 12 heteroatoms. The summed E-state index contributed by atoms with van der Waals surface area (Å²) in [5.74, 6) is -1.69. The van der Waals surface area contributed by atoms with Crippen molar-refractivity contribution < 1.29 is 19.4 Å². The lowest BCUT2D eigenvalue weighted by Gasteiger charge is -2.15. The van der Waals surface area contributed by atoms with Crippen LogP contribution in [0.5, 0.6) is 0 Å². The Morgan fingerprint density at radius 3 is 1.39 bits per heavy atom. The van der Waals surface area contributed by atoms with Crippen molar-refractivity contribution >= 4 is 68.5 Å². The van der Waals surface area contributed by atoms with Gasteiger partial charge < -0.3 is 10.6 Å². The van der Waals surface area contributed by atoms with Crippen LogP contribution in [-0.4, -0.2) is 21.7 Å². The van der Waals surface area contributed by atoms with Crippen LogP contribution in [0.4, 0.5) is 22.7 Å². The van der Waals surface area contributed by atoms with E-state index in [0.717, 1.165) is 24.3 Å². The maximum atomic E-state index is 13.0. The minimum absolute atomic E-state index is 0.103. The van der Waals surface area contributed by atoms with Gasteiger partial charge in [-0.1, -0.05) is 47.5 Å². The van der Waals surface area contributed by atoms with Gasteiger partial charge >= 0.3 is 0 Å². The van der Waals surface area contributed by atoms with Crippen LogP contribution in [0.1, 0.15) is 20.7 Å². The first kappa shape index (κ1) is 24.6. The topological polar surface area (TPSA) is 144 Å². The molecule has 4 rings (SSSR count). The van der Waals surface area contributed by atoms with E-state index >= 15 is 0 Å². The number of amides is 2. The fourth-order valence-corrected chi connectivity index (χ4v) is 3.87. The number of rotatable bonds is 6. The predicted octanol–water partition coefficient (Wildman–Crippen LogP) is 6.47. The van der Waals surface area contributed by atoms with Gasteiger partial charge in [0.25, 0.3) is 23.2 Å². The Bertz CT molecular complexity index is 1460. The molecule has 36 heavy (non-hydrogen) atoms. The summed E-state index contributed by atoms with van der Waals surface area (Å²) in [5, 5.41) is 29.6. The number of carbonyl (C=O) groups is 2. The lowest BCUT2D eigenvalue weighted by atomic mass is 10.1. The molecule has 2 N–H and O–H groups in total. The van der Waals surface area contributed by atoms with Gasteiger partial charge in [0.1, 0.15) is 11.1 Å². The van der Waals surface area contributed by atoms with Crippen LogP contribution in [0.2, 0.25) is 10.0 Å². The normalized spacial score (nSPS) is 10.6. The Balaban J connectivity index is 1.77. The molecule has 4 aromatic rings. The highest BCUT2D eigenvalue weighted by Gasteiger charge is 2.24. The van der Waals surface area contributed by atoms with Gasteiger partial charge in [0, 0.05) is 22.2 Å². The number of halogens is 2. The molecule has 0 unspecified atom stereocenters. The van der Waals surface area contributed by atoms with Gasteiger partial charge in [0.2, 0.25) is 0 Å². The summed E-state index contributed by atoms with van der Waals surface area (Å²) < 4.78 is 0. The molecule has 180 valence electrons. The van der Waals surface area contributed by atoms with Crippen molar-refractivity contribution in [1.29, 1.82) is 0 Å². The van der Waals surface area contributed by atoms with Crippen molar-refractivity contribution in [3.05, 3.63) is 114 Å². The molecule has 2 amide bonds. The Morgan fingerprint density at radius 1 is 0.639 bits per heavy atom. The van der Waals surface area contributed by atoms with Crippen molar-refractivity contribution in [1.82, 2.24) is 0 Å². The first-order valence-electron chi connectivity index (χ1n) is 10.2. The predicted molar refractivity (Wildman–Crippen MR) is 136 cm³/mol. The van der Waals surface area contributed by atoms with E-state index in [-0.39, 0.29) is 32.5 Å². The van der Waals surface area contributed by atoms with Crippen molar-refractivity contribution in [2.45, 2.75) is 0 Å². The quantitative estimate of drug-likeness (QED) is 0.218. The third-order valence-corrected chi connectivity index (χ3v) is 5.65. The number of nitrogens with one attached hydrogen (secondary N) is 2. The minimum Gasteiger partial charge on any atom is -0.320 e. The molecular formula is C24H14Cl2N4O6. The van der Waals surface area contributed by atoms with Gasteiger partial charge in [-0.15, -0.1) is 0 Å². The molecule has 0 radical (unpaired) electrons. The maximum absolute atomic E-state index is 13.0. The molecule has 0 bridgehead atoms. The molecule has 0 aliphatic heterocycles. The number of carbonyl (C=O) groups excluding carboxylic acids is 2. The summed E-state index contributed by atoms with van der Waals surface area (Å²) in [6.45, 7) is 0. The third kappa shape index (κ3) is 5.09. The van der Waals surface area contributed by atoms with Crippen molar-refractivity contribution in [3.63, 3.8) is 0 Å². The van der Waals surface area contributed by atoms with Crippen LogP contribution >= 0.6 is 23.2 Å². The van der Waals surface area contributed by atoms with Gasteiger partial charge in [-0.3, -0.25) is 29.8 Å². The summed E-state index contributed by atoms with van der Waals surface area (Å²) in [6, 6.07) is 17.3. The van der Waals surface area contributed by atoms with E-state index in [0.29, 0.717) is 10.8 Å². The van der Waals surface area contributed by atoms with E-state index in [1.807, 2.05) is 0 Å². The van der Waals surface area contributed by atoms with Crippen molar-refractivity contribution in [2.24, 2.45) is 0 Å². The second-order valence-corrected chi connectivity index (χ2v) is 8.36. The average Bonchev–Trinajstić information content (AvgIpc) is 2.83. The van der Waals surface area contributed by atoms with E-state index in [2.05, 4.69) is 10.6 Å². The zero-order valence-electron chi connectivity index (χ0n) is 18.0. The zero-order chi connectivity index (χ0) is 26.0. The lowest BCUT2D eigenvalue weighted by molar-refractivity contribution is -0.385. The largest absolute Gasteiger partial charge is 0.320 e. The molecule has 0 saturated carbocycles. The molecule has 10 nitrogen and oxygen atoms in total. The summed E-state index contributed by atoms with van der Waals surface area (Å²) in [4.78, 5) is 47.4. The fourth-order valence-electron chi connectivity index (χ4n) is 3.53. The number of nitro benzene ring substituents is 2. The highest BCUT2D eigenvalue weighted by Crippen LogP contribution is 2.32.